The number of rotatable bonds is 8. The van der Waals surface area contributed by atoms with E-state index >= 15 is 0 Å². The number of nitrogens with zero attached hydrogens (tertiary/aromatic N) is 1. The first-order chi connectivity index (χ1) is 18.3. The first-order valence-corrected chi connectivity index (χ1v) is 14.2. The Morgan fingerprint density at radius 2 is 1.57 bits per heavy atom. The Balaban J connectivity index is 2.68. The number of nitrogens with one attached hydrogen (secondary N) is 2. The summed E-state index contributed by atoms with van der Waals surface area (Å²) in [4.78, 5) is 43.1. The summed E-state index contributed by atoms with van der Waals surface area (Å²) < 4.78 is 5.48. The van der Waals surface area contributed by atoms with Crippen LogP contribution in [0.2, 0.25) is 5.02 Å². The molecule has 8 heteroatoms. The van der Waals surface area contributed by atoms with Gasteiger partial charge in [-0.05, 0) is 97.4 Å². The van der Waals surface area contributed by atoms with Crippen molar-refractivity contribution in [1.82, 2.24) is 10.2 Å². The van der Waals surface area contributed by atoms with Gasteiger partial charge in [-0.1, -0.05) is 61.3 Å². The second kappa shape index (κ2) is 13.1. The van der Waals surface area contributed by atoms with Gasteiger partial charge in [0, 0.05) is 5.54 Å². The lowest BCUT2D eigenvalue weighted by Gasteiger charge is -2.43. The topological polar surface area (TPSA) is 87.7 Å². The zero-order valence-corrected chi connectivity index (χ0v) is 26.6. The molecule has 3 amide bonds. The predicted molar refractivity (Wildman–Crippen MR) is 163 cm³/mol. The van der Waals surface area contributed by atoms with Crippen molar-refractivity contribution in [3.05, 3.63) is 63.7 Å². The largest absolute Gasteiger partial charge is 0.444 e. The number of hydrogen-bond acceptors (Lipinski definition) is 4. The van der Waals surface area contributed by atoms with Gasteiger partial charge in [0.15, 0.2) is 0 Å². The van der Waals surface area contributed by atoms with Crippen molar-refractivity contribution in [2.75, 3.05) is 5.32 Å². The Kier molecular flexibility index (Phi) is 10.8. The molecule has 0 radical (unpaired) electrons. The van der Waals surface area contributed by atoms with Crippen molar-refractivity contribution in [3.63, 3.8) is 0 Å². The summed E-state index contributed by atoms with van der Waals surface area (Å²) in [7, 11) is 0. The standard InChI is InChI=1S/C32H46ClN3O4/c1-19(2)17-25(34-30(39)40-32(9,10)11)29(38)36(31(6,7)8)27(23-16-15-20(3)18-22(23)5)28(37)35-26-21(4)13-12-14-24(26)33/h12-16,18-19,25,27H,17H2,1-11H3,(H,34,39)(H,35,37). The molecular weight excluding hydrogens is 526 g/mol. The van der Waals surface area contributed by atoms with Crippen LogP contribution in [0.3, 0.4) is 0 Å². The minimum Gasteiger partial charge on any atom is -0.444 e. The highest BCUT2D eigenvalue weighted by Gasteiger charge is 2.42. The number of carbonyl (C=O) groups excluding carboxylic acids is 3. The van der Waals surface area contributed by atoms with Crippen LogP contribution in [-0.4, -0.2) is 40.0 Å². The highest BCUT2D eigenvalue weighted by Crippen LogP contribution is 2.35. The minimum absolute atomic E-state index is 0.0878. The van der Waals surface area contributed by atoms with E-state index in [0.29, 0.717) is 22.7 Å². The fourth-order valence-corrected chi connectivity index (χ4v) is 4.94. The van der Waals surface area contributed by atoms with Gasteiger partial charge >= 0.3 is 6.09 Å². The highest BCUT2D eigenvalue weighted by atomic mass is 35.5. The van der Waals surface area contributed by atoms with Crippen molar-refractivity contribution >= 4 is 35.2 Å². The molecule has 0 saturated carbocycles. The number of ether oxygens (including phenoxy) is 1. The molecule has 220 valence electrons. The van der Waals surface area contributed by atoms with E-state index in [-0.39, 0.29) is 11.8 Å². The number of hydrogen-bond donors (Lipinski definition) is 2. The molecule has 2 aromatic rings. The number of halogens is 1. The number of aryl methyl sites for hydroxylation is 3. The third kappa shape index (κ3) is 8.98. The monoisotopic (exact) mass is 571 g/mol. The van der Waals surface area contributed by atoms with Gasteiger partial charge in [0.1, 0.15) is 17.7 Å². The third-order valence-corrected chi connectivity index (χ3v) is 6.67. The molecule has 0 heterocycles. The first-order valence-electron chi connectivity index (χ1n) is 13.8. The van der Waals surface area contributed by atoms with Crippen molar-refractivity contribution in [3.8, 4) is 0 Å². The Morgan fingerprint density at radius 1 is 0.950 bits per heavy atom. The number of amides is 3. The lowest BCUT2D eigenvalue weighted by molar-refractivity contribution is -0.147. The van der Waals surface area contributed by atoms with Crippen LogP contribution in [0, 0.1) is 26.7 Å². The van der Waals surface area contributed by atoms with Crippen molar-refractivity contribution in [2.24, 2.45) is 5.92 Å². The van der Waals surface area contributed by atoms with E-state index in [0.717, 1.165) is 16.7 Å². The average Bonchev–Trinajstić information content (AvgIpc) is 2.77. The summed E-state index contributed by atoms with van der Waals surface area (Å²) in [5.41, 5.74) is 2.38. The average molecular weight is 572 g/mol. The number of benzene rings is 2. The lowest BCUT2D eigenvalue weighted by Crippen LogP contribution is -2.58. The quantitative estimate of drug-likeness (QED) is 0.343. The van der Waals surface area contributed by atoms with Crippen LogP contribution in [0.25, 0.3) is 0 Å². The van der Waals surface area contributed by atoms with Crippen LogP contribution in [0.1, 0.15) is 90.1 Å². The number of alkyl carbamates (subject to hydrolysis) is 1. The molecule has 2 atom stereocenters. The molecule has 2 aromatic carbocycles. The van der Waals surface area contributed by atoms with E-state index < -0.39 is 35.2 Å². The molecule has 0 aliphatic carbocycles. The summed E-state index contributed by atoms with van der Waals surface area (Å²) >= 11 is 6.47. The molecule has 0 fully saturated rings. The van der Waals surface area contributed by atoms with Crippen LogP contribution in [0.15, 0.2) is 36.4 Å². The Morgan fingerprint density at radius 3 is 2.08 bits per heavy atom. The fraction of sp³-hybridized carbons (Fsp3) is 0.531. The van der Waals surface area contributed by atoms with Gasteiger partial charge in [-0.3, -0.25) is 9.59 Å². The van der Waals surface area contributed by atoms with Gasteiger partial charge in [0.05, 0.1) is 10.7 Å². The number of anilines is 1. The van der Waals surface area contributed by atoms with Gasteiger partial charge in [0.2, 0.25) is 5.91 Å². The third-order valence-electron chi connectivity index (χ3n) is 6.35. The summed E-state index contributed by atoms with van der Waals surface area (Å²) in [6.07, 6.45) is -0.310. The molecule has 40 heavy (non-hydrogen) atoms. The van der Waals surface area contributed by atoms with Crippen molar-refractivity contribution in [2.45, 2.75) is 106 Å². The van der Waals surface area contributed by atoms with Gasteiger partial charge in [-0.2, -0.15) is 0 Å². The maximum absolute atomic E-state index is 14.5. The molecular formula is C32H46ClN3O4. The molecule has 7 nitrogen and oxygen atoms in total. The predicted octanol–water partition coefficient (Wildman–Crippen LogP) is 7.51. The Bertz CT molecular complexity index is 1210. The van der Waals surface area contributed by atoms with E-state index in [9.17, 15) is 14.4 Å². The first kappa shape index (κ1) is 33.1. The molecule has 0 spiro atoms. The maximum Gasteiger partial charge on any atom is 0.408 e. The van der Waals surface area contributed by atoms with Crippen LogP contribution >= 0.6 is 11.6 Å². The second-order valence-electron chi connectivity index (χ2n) is 12.9. The van der Waals surface area contributed by atoms with Gasteiger partial charge in [-0.15, -0.1) is 0 Å². The smallest absolute Gasteiger partial charge is 0.408 e. The Labute approximate surface area is 245 Å². The van der Waals surface area contributed by atoms with Crippen molar-refractivity contribution in [1.29, 1.82) is 0 Å². The fourth-order valence-electron chi connectivity index (χ4n) is 4.67. The van der Waals surface area contributed by atoms with E-state index in [1.807, 2.05) is 85.7 Å². The zero-order chi connectivity index (χ0) is 30.6. The van der Waals surface area contributed by atoms with Gasteiger partial charge in [-0.25, -0.2) is 4.79 Å². The van der Waals surface area contributed by atoms with E-state index in [2.05, 4.69) is 10.6 Å². The maximum atomic E-state index is 14.5. The van der Waals surface area contributed by atoms with E-state index in [1.165, 1.54) is 0 Å². The molecule has 2 unspecified atom stereocenters. The Hall–Kier alpha value is -3.06. The summed E-state index contributed by atoms with van der Waals surface area (Å²) in [6.45, 7) is 20.7. The second-order valence-corrected chi connectivity index (χ2v) is 13.3. The highest BCUT2D eigenvalue weighted by molar-refractivity contribution is 6.34. The summed E-state index contributed by atoms with van der Waals surface area (Å²) in [6, 6.07) is 9.30. The normalized spacial score (nSPS) is 13.4. The van der Waals surface area contributed by atoms with E-state index in [4.69, 9.17) is 16.3 Å². The van der Waals surface area contributed by atoms with Crippen LogP contribution in [-0.2, 0) is 14.3 Å². The van der Waals surface area contributed by atoms with Crippen LogP contribution < -0.4 is 10.6 Å². The summed E-state index contributed by atoms with van der Waals surface area (Å²) in [5.74, 6) is -0.681. The molecule has 0 aromatic heterocycles. The molecule has 2 N–H and O–H groups in total. The number of carbonyl (C=O) groups is 3. The van der Waals surface area contributed by atoms with Crippen LogP contribution in [0.5, 0.6) is 0 Å². The molecule has 0 saturated heterocycles. The zero-order valence-electron chi connectivity index (χ0n) is 25.9. The van der Waals surface area contributed by atoms with Crippen molar-refractivity contribution < 1.29 is 19.1 Å². The number of para-hydroxylation sites is 1. The van der Waals surface area contributed by atoms with Gasteiger partial charge in [0.25, 0.3) is 5.91 Å². The van der Waals surface area contributed by atoms with E-state index in [1.54, 1.807) is 31.7 Å². The minimum atomic E-state index is -1.00. The summed E-state index contributed by atoms with van der Waals surface area (Å²) in [5, 5.41) is 6.20. The molecule has 0 aliphatic rings. The SMILES string of the molecule is Cc1ccc(C(C(=O)Nc2c(C)cccc2Cl)N(C(=O)C(CC(C)C)NC(=O)OC(C)(C)C)C(C)(C)C)c(C)c1. The molecule has 0 bridgehead atoms. The van der Waals surface area contributed by atoms with Crippen LogP contribution in [0.4, 0.5) is 10.5 Å². The lowest BCUT2D eigenvalue weighted by atomic mass is 9.91. The molecule has 2 rings (SSSR count). The molecule has 0 aliphatic heterocycles. The van der Waals surface area contributed by atoms with Gasteiger partial charge < -0.3 is 20.3 Å².